The molecule has 16 heavy (non-hydrogen) atoms. The molecule has 0 saturated carbocycles. The highest BCUT2D eigenvalue weighted by atomic mass is 16.4. The summed E-state index contributed by atoms with van der Waals surface area (Å²) in [5.74, 6) is -0.516. The second-order valence-corrected chi connectivity index (χ2v) is 3.85. The van der Waals surface area contributed by atoms with Gasteiger partial charge in [-0.05, 0) is 25.0 Å². The molecule has 0 amide bonds. The summed E-state index contributed by atoms with van der Waals surface area (Å²) in [6.45, 7) is 0.790. The Labute approximate surface area is 93.3 Å². The van der Waals surface area contributed by atoms with E-state index in [9.17, 15) is 9.90 Å². The Bertz CT molecular complexity index is 395. The van der Waals surface area contributed by atoms with Crippen LogP contribution < -0.4 is 4.90 Å². The number of aromatic nitrogens is 1. The molecular weight excluding hydrogens is 208 g/mol. The Balaban J connectivity index is 2.35. The number of carbonyl (C=O) groups is 1. The van der Waals surface area contributed by atoms with Crippen molar-refractivity contribution in [3.63, 3.8) is 0 Å². The summed E-state index contributed by atoms with van der Waals surface area (Å²) in [4.78, 5) is 17.0. The van der Waals surface area contributed by atoms with Gasteiger partial charge in [-0.1, -0.05) is 0 Å². The van der Waals surface area contributed by atoms with Gasteiger partial charge >= 0.3 is 5.97 Å². The van der Waals surface area contributed by atoms with Gasteiger partial charge in [0.2, 0.25) is 0 Å². The number of hydrogen-bond acceptors (Lipinski definition) is 4. The first-order valence-corrected chi connectivity index (χ1v) is 5.30. The Morgan fingerprint density at radius 1 is 1.62 bits per heavy atom. The van der Waals surface area contributed by atoms with Crippen LogP contribution in [0.1, 0.15) is 23.2 Å². The van der Waals surface area contributed by atoms with Crippen molar-refractivity contribution in [1.82, 2.24) is 4.98 Å². The molecule has 0 radical (unpaired) electrons. The Morgan fingerprint density at radius 3 is 3.12 bits per heavy atom. The van der Waals surface area contributed by atoms with Crippen molar-refractivity contribution in [2.75, 3.05) is 18.1 Å². The number of anilines is 1. The Kier molecular flexibility index (Phi) is 3.05. The molecule has 5 heteroatoms. The van der Waals surface area contributed by atoms with Gasteiger partial charge in [-0.2, -0.15) is 0 Å². The van der Waals surface area contributed by atoms with Crippen LogP contribution in [0.3, 0.4) is 0 Å². The Hall–Kier alpha value is -1.62. The van der Waals surface area contributed by atoms with E-state index < -0.39 is 5.97 Å². The summed E-state index contributed by atoms with van der Waals surface area (Å²) in [5.41, 5.74) is 0.197. The third-order valence-corrected chi connectivity index (χ3v) is 2.88. The molecule has 1 aromatic rings. The van der Waals surface area contributed by atoms with Crippen LogP contribution in [-0.4, -0.2) is 40.4 Å². The molecule has 5 nitrogen and oxygen atoms in total. The molecule has 0 bridgehead atoms. The molecule has 2 heterocycles. The molecule has 2 rings (SSSR count). The van der Waals surface area contributed by atoms with Crippen LogP contribution >= 0.6 is 0 Å². The zero-order valence-electron chi connectivity index (χ0n) is 8.83. The van der Waals surface area contributed by atoms with Crippen molar-refractivity contribution in [2.24, 2.45) is 0 Å². The Morgan fingerprint density at radius 2 is 2.44 bits per heavy atom. The smallest absolute Gasteiger partial charge is 0.339 e. The van der Waals surface area contributed by atoms with E-state index in [1.807, 2.05) is 4.90 Å². The number of aromatic carboxylic acids is 1. The summed E-state index contributed by atoms with van der Waals surface area (Å²) in [7, 11) is 0. The van der Waals surface area contributed by atoms with Gasteiger partial charge in [-0.3, -0.25) is 0 Å². The molecule has 0 spiro atoms. The molecule has 1 saturated heterocycles. The summed E-state index contributed by atoms with van der Waals surface area (Å²) in [5, 5.41) is 18.3. The van der Waals surface area contributed by atoms with Crippen molar-refractivity contribution >= 4 is 11.8 Å². The van der Waals surface area contributed by atoms with E-state index in [0.29, 0.717) is 5.82 Å². The van der Waals surface area contributed by atoms with E-state index in [1.165, 1.54) is 6.07 Å². The normalized spacial score (nSPS) is 20.1. The average molecular weight is 222 g/mol. The number of carboxylic acids is 1. The van der Waals surface area contributed by atoms with Crippen LogP contribution in [0.2, 0.25) is 0 Å². The van der Waals surface area contributed by atoms with E-state index >= 15 is 0 Å². The van der Waals surface area contributed by atoms with E-state index in [0.717, 1.165) is 19.4 Å². The fourth-order valence-corrected chi connectivity index (χ4v) is 2.10. The molecule has 0 aromatic carbocycles. The lowest BCUT2D eigenvalue weighted by molar-refractivity contribution is 0.0697. The van der Waals surface area contributed by atoms with E-state index in [4.69, 9.17) is 5.11 Å². The topological polar surface area (TPSA) is 73.7 Å². The SMILES string of the molecule is O=C(O)c1cccnc1N1CCC[C@@H]1CO. The first kappa shape index (κ1) is 10.9. The molecular formula is C11H14N2O3. The van der Waals surface area contributed by atoms with E-state index in [-0.39, 0.29) is 18.2 Å². The predicted molar refractivity (Wildman–Crippen MR) is 58.7 cm³/mol. The molecule has 1 atom stereocenters. The summed E-state index contributed by atoms with van der Waals surface area (Å²) in [6.07, 6.45) is 3.42. The number of nitrogens with zero attached hydrogens (tertiary/aromatic N) is 2. The van der Waals surface area contributed by atoms with Gasteiger partial charge in [0.05, 0.1) is 12.6 Å². The lowest BCUT2D eigenvalue weighted by Crippen LogP contribution is -2.33. The number of carboxylic acid groups (broad SMARTS) is 1. The minimum Gasteiger partial charge on any atom is -0.478 e. The predicted octanol–water partition coefficient (Wildman–Crippen LogP) is 0.741. The number of aliphatic hydroxyl groups excluding tert-OH is 1. The minimum absolute atomic E-state index is 0.00648. The largest absolute Gasteiger partial charge is 0.478 e. The highest BCUT2D eigenvalue weighted by molar-refractivity contribution is 5.93. The van der Waals surface area contributed by atoms with E-state index in [1.54, 1.807) is 12.3 Å². The van der Waals surface area contributed by atoms with Crippen LogP contribution in [0.5, 0.6) is 0 Å². The summed E-state index contributed by atoms with van der Waals surface area (Å²) >= 11 is 0. The molecule has 86 valence electrons. The quantitative estimate of drug-likeness (QED) is 0.789. The summed E-state index contributed by atoms with van der Waals surface area (Å²) in [6, 6.07) is 3.14. The van der Waals surface area contributed by atoms with Gasteiger partial charge in [0.25, 0.3) is 0 Å². The monoisotopic (exact) mass is 222 g/mol. The maximum Gasteiger partial charge on any atom is 0.339 e. The van der Waals surface area contributed by atoms with Gasteiger partial charge < -0.3 is 15.1 Å². The standard InChI is InChI=1S/C11H14N2O3/c14-7-8-3-2-6-13(8)10-9(11(15)16)4-1-5-12-10/h1,4-5,8,14H,2-3,6-7H2,(H,15,16)/t8-/m1/s1. The maximum absolute atomic E-state index is 11.0. The van der Waals surface area contributed by atoms with Crippen LogP contribution in [0.15, 0.2) is 18.3 Å². The molecule has 1 fully saturated rings. The third-order valence-electron chi connectivity index (χ3n) is 2.88. The molecule has 1 aliphatic heterocycles. The second-order valence-electron chi connectivity index (χ2n) is 3.85. The zero-order valence-corrected chi connectivity index (χ0v) is 8.83. The second kappa shape index (κ2) is 4.49. The number of rotatable bonds is 3. The lowest BCUT2D eigenvalue weighted by Gasteiger charge is -2.25. The van der Waals surface area contributed by atoms with Crippen molar-refractivity contribution in [3.05, 3.63) is 23.9 Å². The van der Waals surface area contributed by atoms with Crippen molar-refractivity contribution < 1.29 is 15.0 Å². The maximum atomic E-state index is 11.0. The van der Waals surface area contributed by atoms with Crippen LogP contribution in [0.4, 0.5) is 5.82 Å². The summed E-state index contributed by atoms with van der Waals surface area (Å²) < 4.78 is 0. The van der Waals surface area contributed by atoms with Crippen molar-refractivity contribution in [2.45, 2.75) is 18.9 Å². The van der Waals surface area contributed by atoms with Gasteiger partial charge in [-0.15, -0.1) is 0 Å². The highest BCUT2D eigenvalue weighted by Gasteiger charge is 2.27. The van der Waals surface area contributed by atoms with Crippen LogP contribution in [0, 0.1) is 0 Å². The average Bonchev–Trinajstić information content (AvgIpc) is 2.76. The van der Waals surface area contributed by atoms with E-state index in [2.05, 4.69) is 4.98 Å². The number of hydrogen-bond donors (Lipinski definition) is 2. The zero-order chi connectivity index (χ0) is 11.5. The van der Waals surface area contributed by atoms with Crippen LogP contribution in [-0.2, 0) is 0 Å². The highest BCUT2D eigenvalue weighted by Crippen LogP contribution is 2.26. The van der Waals surface area contributed by atoms with Crippen LogP contribution in [0.25, 0.3) is 0 Å². The first-order chi connectivity index (χ1) is 7.74. The minimum atomic E-state index is -0.980. The van der Waals surface area contributed by atoms with Gasteiger partial charge in [0, 0.05) is 12.7 Å². The van der Waals surface area contributed by atoms with Gasteiger partial charge in [-0.25, -0.2) is 9.78 Å². The number of aliphatic hydroxyl groups is 1. The molecule has 0 aliphatic carbocycles. The van der Waals surface area contributed by atoms with Crippen molar-refractivity contribution in [1.29, 1.82) is 0 Å². The third kappa shape index (κ3) is 1.86. The van der Waals surface area contributed by atoms with Crippen molar-refractivity contribution in [3.8, 4) is 0 Å². The molecule has 1 aromatic heterocycles. The first-order valence-electron chi connectivity index (χ1n) is 5.30. The molecule has 1 aliphatic rings. The fraction of sp³-hybridized carbons (Fsp3) is 0.455. The fourth-order valence-electron chi connectivity index (χ4n) is 2.10. The lowest BCUT2D eigenvalue weighted by atomic mass is 10.2. The number of pyridine rings is 1. The van der Waals surface area contributed by atoms with Gasteiger partial charge in [0.1, 0.15) is 11.4 Å². The molecule has 0 unspecified atom stereocenters. The molecule has 2 N–H and O–H groups in total. The van der Waals surface area contributed by atoms with Gasteiger partial charge in [0.15, 0.2) is 0 Å².